The van der Waals surface area contributed by atoms with Crippen LogP contribution in [0.1, 0.15) is 25.8 Å². The summed E-state index contributed by atoms with van der Waals surface area (Å²) in [6, 6.07) is 14.0. The van der Waals surface area contributed by atoms with Gasteiger partial charge in [0, 0.05) is 34.2 Å². The molecule has 3 aromatic rings. The third-order valence-electron chi connectivity index (χ3n) is 6.41. The summed E-state index contributed by atoms with van der Waals surface area (Å²) in [6.45, 7) is 3.19. The minimum absolute atomic E-state index is 0.0690. The van der Waals surface area contributed by atoms with Gasteiger partial charge in [-0.15, -0.1) is 0 Å². The number of nitrogens with zero attached hydrogens (tertiary/aromatic N) is 2. The first-order chi connectivity index (χ1) is 19.9. The molecule has 3 aromatic carbocycles. The van der Waals surface area contributed by atoms with Crippen LogP contribution in [-0.4, -0.2) is 58.5 Å². The SMILES string of the molecule is CCCNC(=O)[C@H](C)N(Cc1ccc(Cl)cc1Cl)C(=O)CN(c1ccc(Cl)cc1)S(=O)(=O)c1ccc(OC)c(OC)c1. The topological polar surface area (TPSA) is 105 Å². The Kier molecular flexibility index (Phi) is 11.8. The summed E-state index contributed by atoms with van der Waals surface area (Å²) < 4.78 is 39.6. The van der Waals surface area contributed by atoms with Crippen molar-refractivity contribution in [1.29, 1.82) is 0 Å². The molecule has 0 bridgehead atoms. The van der Waals surface area contributed by atoms with Crippen LogP contribution < -0.4 is 19.1 Å². The molecule has 0 aliphatic heterocycles. The van der Waals surface area contributed by atoms with E-state index in [4.69, 9.17) is 44.3 Å². The van der Waals surface area contributed by atoms with Crippen molar-refractivity contribution in [3.05, 3.63) is 81.3 Å². The average molecular weight is 657 g/mol. The van der Waals surface area contributed by atoms with Gasteiger partial charge in [0.2, 0.25) is 11.8 Å². The predicted octanol–water partition coefficient (Wildman–Crippen LogP) is 5.80. The summed E-state index contributed by atoms with van der Waals surface area (Å²) in [4.78, 5) is 28.1. The number of rotatable bonds is 13. The highest BCUT2D eigenvalue weighted by Crippen LogP contribution is 2.33. The van der Waals surface area contributed by atoms with Crippen LogP contribution in [0.5, 0.6) is 11.5 Å². The van der Waals surface area contributed by atoms with E-state index in [0.717, 1.165) is 4.31 Å². The van der Waals surface area contributed by atoms with Gasteiger partial charge in [-0.2, -0.15) is 0 Å². The Labute approximate surface area is 261 Å². The summed E-state index contributed by atoms with van der Waals surface area (Å²) in [5.74, 6) is -0.500. The van der Waals surface area contributed by atoms with Gasteiger partial charge in [-0.25, -0.2) is 8.42 Å². The highest BCUT2D eigenvalue weighted by molar-refractivity contribution is 7.92. The van der Waals surface area contributed by atoms with Gasteiger partial charge in [-0.1, -0.05) is 47.8 Å². The van der Waals surface area contributed by atoms with E-state index in [1.165, 1.54) is 67.7 Å². The molecule has 0 unspecified atom stereocenters. The van der Waals surface area contributed by atoms with Crippen LogP contribution in [0.25, 0.3) is 0 Å². The first-order valence-corrected chi connectivity index (χ1v) is 15.5. The van der Waals surface area contributed by atoms with E-state index < -0.39 is 34.4 Å². The second-order valence-electron chi connectivity index (χ2n) is 9.23. The molecule has 13 heteroatoms. The summed E-state index contributed by atoms with van der Waals surface area (Å²) >= 11 is 18.5. The molecule has 3 rings (SSSR count). The maximum absolute atomic E-state index is 14.0. The molecular weight excluding hydrogens is 625 g/mol. The van der Waals surface area contributed by atoms with Gasteiger partial charge in [0.15, 0.2) is 11.5 Å². The van der Waals surface area contributed by atoms with Gasteiger partial charge in [0.25, 0.3) is 10.0 Å². The largest absolute Gasteiger partial charge is 0.493 e. The third-order valence-corrected chi connectivity index (χ3v) is 9.02. The van der Waals surface area contributed by atoms with E-state index in [2.05, 4.69) is 5.32 Å². The third kappa shape index (κ3) is 8.01. The lowest BCUT2D eigenvalue weighted by molar-refractivity contribution is -0.139. The molecule has 0 fully saturated rings. The fourth-order valence-corrected chi connectivity index (χ4v) is 6.08. The molecule has 0 saturated heterocycles. The van der Waals surface area contributed by atoms with Crippen molar-refractivity contribution in [2.24, 2.45) is 0 Å². The van der Waals surface area contributed by atoms with E-state index in [1.54, 1.807) is 19.1 Å². The predicted molar refractivity (Wildman–Crippen MR) is 165 cm³/mol. The number of halogens is 3. The maximum Gasteiger partial charge on any atom is 0.264 e. The lowest BCUT2D eigenvalue weighted by atomic mass is 10.1. The number of sulfonamides is 1. The van der Waals surface area contributed by atoms with Crippen LogP contribution >= 0.6 is 34.8 Å². The highest BCUT2D eigenvalue weighted by Gasteiger charge is 2.33. The number of amides is 2. The zero-order valence-electron chi connectivity index (χ0n) is 23.6. The molecule has 1 atom stereocenters. The van der Waals surface area contributed by atoms with Crippen LogP contribution in [0, 0.1) is 0 Å². The van der Waals surface area contributed by atoms with Gasteiger partial charge < -0.3 is 19.7 Å². The number of hydrogen-bond acceptors (Lipinski definition) is 6. The van der Waals surface area contributed by atoms with Crippen molar-refractivity contribution in [3.8, 4) is 11.5 Å². The van der Waals surface area contributed by atoms with Crippen LogP contribution in [-0.2, 0) is 26.2 Å². The number of methoxy groups -OCH3 is 2. The number of ether oxygens (including phenoxy) is 2. The van der Waals surface area contributed by atoms with Crippen LogP contribution in [0.2, 0.25) is 15.1 Å². The van der Waals surface area contributed by atoms with Gasteiger partial charge in [-0.05, 0) is 67.4 Å². The summed E-state index contributed by atoms with van der Waals surface area (Å²) in [7, 11) is -1.51. The summed E-state index contributed by atoms with van der Waals surface area (Å²) in [5, 5.41) is 3.88. The monoisotopic (exact) mass is 655 g/mol. The number of nitrogens with one attached hydrogen (secondary N) is 1. The molecule has 0 spiro atoms. The molecule has 42 heavy (non-hydrogen) atoms. The first kappa shape index (κ1) is 33.3. The molecule has 0 saturated carbocycles. The van der Waals surface area contributed by atoms with Crippen molar-refractivity contribution < 1.29 is 27.5 Å². The highest BCUT2D eigenvalue weighted by atomic mass is 35.5. The van der Waals surface area contributed by atoms with E-state index >= 15 is 0 Å². The second-order valence-corrected chi connectivity index (χ2v) is 12.4. The Balaban J connectivity index is 2.07. The first-order valence-electron chi connectivity index (χ1n) is 12.9. The normalized spacial score (nSPS) is 11.9. The van der Waals surface area contributed by atoms with Crippen molar-refractivity contribution >= 4 is 62.3 Å². The molecule has 2 amide bonds. The minimum atomic E-state index is -4.34. The molecule has 0 aromatic heterocycles. The van der Waals surface area contributed by atoms with Crippen LogP contribution in [0.4, 0.5) is 5.69 Å². The lowest BCUT2D eigenvalue weighted by Gasteiger charge is -2.32. The van der Waals surface area contributed by atoms with Crippen molar-refractivity contribution in [2.75, 3.05) is 31.6 Å². The Hall–Kier alpha value is -3.18. The van der Waals surface area contributed by atoms with Gasteiger partial charge in [0.05, 0.1) is 24.8 Å². The number of anilines is 1. The molecule has 0 aliphatic carbocycles. The van der Waals surface area contributed by atoms with Crippen LogP contribution in [0.15, 0.2) is 65.6 Å². The molecule has 0 heterocycles. The molecule has 0 aliphatic rings. The number of carbonyl (C=O) groups excluding carboxylic acids is 2. The molecular formula is C29H32Cl3N3O6S. The minimum Gasteiger partial charge on any atom is -0.493 e. The fourth-order valence-electron chi connectivity index (χ4n) is 4.05. The second kappa shape index (κ2) is 14.8. The smallest absolute Gasteiger partial charge is 0.264 e. The molecule has 1 N–H and O–H groups in total. The van der Waals surface area contributed by atoms with E-state index in [-0.39, 0.29) is 22.9 Å². The number of hydrogen-bond donors (Lipinski definition) is 1. The van der Waals surface area contributed by atoms with E-state index in [1.807, 2.05) is 6.92 Å². The van der Waals surface area contributed by atoms with Gasteiger partial charge in [0.1, 0.15) is 12.6 Å². The molecule has 226 valence electrons. The Bertz CT molecular complexity index is 1520. The number of carbonyl (C=O) groups is 2. The fraction of sp³-hybridized carbons (Fsp3) is 0.310. The quantitative estimate of drug-likeness (QED) is 0.249. The van der Waals surface area contributed by atoms with Crippen molar-refractivity contribution in [3.63, 3.8) is 0 Å². The Morgan fingerprint density at radius 3 is 2.14 bits per heavy atom. The summed E-state index contributed by atoms with van der Waals surface area (Å²) in [5.41, 5.74) is 0.723. The van der Waals surface area contributed by atoms with E-state index in [9.17, 15) is 18.0 Å². The van der Waals surface area contributed by atoms with Gasteiger partial charge >= 0.3 is 0 Å². The zero-order chi connectivity index (χ0) is 31.0. The standard InChI is InChI=1S/C29H32Cl3N3O6S/c1-5-14-33-29(37)19(2)34(17-20-6-7-22(31)15-25(20)32)28(36)18-35(23-10-8-21(30)9-11-23)42(38,39)24-12-13-26(40-3)27(16-24)41-4/h6-13,15-16,19H,5,14,17-18H2,1-4H3,(H,33,37)/t19-/m0/s1. The van der Waals surface area contributed by atoms with Crippen molar-refractivity contribution in [1.82, 2.24) is 10.2 Å². The lowest BCUT2D eigenvalue weighted by Crippen LogP contribution is -2.51. The van der Waals surface area contributed by atoms with Crippen molar-refractivity contribution in [2.45, 2.75) is 37.8 Å². The van der Waals surface area contributed by atoms with Gasteiger partial charge in [-0.3, -0.25) is 13.9 Å². The zero-order valence-corrected chi connectivity index (χ0v) is 26.6. The average Bonchev–Trinajstić information content (AvgIpc) is 2.97. The Morgan fingerprint density at radius 2 is 1.55 bits per heavy atom. The Morgan fingerprint density at radius 1 is 0.905 bits per heavy atom. The maximum atomic E-state index is 14.0. The summed E-state index contributed by atoms with van der Waals surface area (Å²) in [6.07, 6.45) is 0.698. The van der Waals surface area contributed by atoms with E-state index in [0.29, 0.717) is 39.3 Å². The van der Waals surface area contributed by atoms with Crippen LogP contribution in [0.3, 0.4) is 0 Å². The number of benzene rings is 3. The molecule has 9 nitrogen and oxygen atoms in total. The molecule has 0 radical (unpaired) electrons.